The summed E-state index contributed by atoms with van der Waals surface area (Å²) >= 11 is 6.50. The van der Waals surface area contributed by atoms with E-state index in [0.29, 0.717) is 54.1 Å². The lowest BCUT2D eigenvalue weighted by molar-refractivity contribution is -0.137. The molecule has 0 spiro atoms. The lowest BCUT2D eigenvalue weighted by atomic mass is 10.0. The van der Waals surface area contributed by atoms with Crippen LogP contribution in [0.15, 0.2) is 107 Å². The quantitative estimate of drug-likeness (QED) is 0.0503. The van der Waals surface area contributed by atoms with Crippen LogP contribution in [-0.4, -0.2) is 145 Å². The van der Waals surface area contributed by atoms with E-state index in [-0.39, 0.29) is 59.7 Å². The van der Waals surface area contributed by atoms with Crippen molar-refractivity contribution in [3.63, 3.8) is 0 Å². The third-order valence-electron chi connectivity index (χ3n) is 13.1. The highest BCUT2D eigenvalue weighted by Crippen LogP contribution is 2.32. The first-order valence-corrected chi connectivity index (χ1v) is 27.4. The molecule has 8 aromatic rings. The van der Waals surface area contributed by atoms with Gasteiger partial charge in [0.05, 0.1) is 24.1 Å². The van der Waals surface area contributed by atoms with Gasteiger partial charge in [0.15, 0.2) is 0 Å². The van der Waals surface area contributed by atoms with Crippen molar-refractivity contribution in [2.75, 3.05) is 36.9 Å². The van der Waals surface area contributed by atoms with Crippen molar-refractivity contribution in [3.05, 3.63) is 130 Å². The summed E-state index contributed by atoms with van der Waals surface area (Å²) in [6.07, 6.45) is 2.84. The molecule has 2 fully saturated rings. The molecule has 0 unspecified atom stereocenters. The van der Waals surface area contributed by atoms with Crippen molar-refractivity contribution < 1.29 is 51.2 Å². The second kappa shape index (κ2) is 23.8. The molecule has 0 saturated carbocycles. The zero-order valence-electron chi connectivity index (χ0n) is 42.3. The number of fused-ring (bicyclic) bond motifs is 2. The lowest BCUT2D eigenvalue weighted by Gasteiger charge is -2.23. The number of halogens is 4. The normalized spacial score (nSPS) is 17.1. The van der Waals surface area contributed by atoms with Crippen LogP contribution >= 0.6 is 40.1 Å². The van der Waals surface area contributed by atoms with Gasteiger partial charge in [-0.25, -0.2) is 38.7 Å². The summed E-state index contributed by atoms with van der Waals surface area (Å²) in [5.41, 5.74) is 2.57. The summed E-state index contributed by atoms with van der Waals surface area (Å²) < 4.78 is 57.5. The third-order valence-corrected chi connectivity index (χ3v) is 14.8. The van der Waals surface area contributed by atoms with Crippen LogP contribution in [0.2, 0.25) is 0 Å². The third kappa shape index (κ3) is 12.4. The van der Waals surface area contributed by atoms with Crippen LogP contribution in [0.3, 0.4) is 0 Å². The number of likely N-dealkylation sites (tertiary alicyclic amines) is 2. The molecule has 2 aromatic carbocycles. The summed E-state index contributed by atoms with van der Waals surface area (Å²) in [5, 5.41) is 14.7. The molecule has 8 heterocycles. The van der Waals surface area contributed by atoms with Gasteiger partial charge in [-0.1, -0.05) is 24.3 Å². The Morgan fingerprint density at radius 2 is 1.00 bits per heavy atom. The molecule has 2 aliphatic heterocycles. The maximum absolute atomic E-state index is 15.0. The summed E-state index contributed by atoms with van der Waals surface area (Å²) in [6, 6.07) is 17.3. The van der Waals surface area contributed by atoms with E-state index in [4.69, 9.17) is 9.05 Å². The molecule has 2 aliphatic rings. The van der Waals surface area contributed by atoms with Crippen LogP contribution in [0.5, 0.6) is 0 Å². The molecule has 4 amide bonds. The van der Waals surface area contributed by atoms with Crippen LogP contribution in [0.1, 0.15) is 45.5 Å². The van der Waals surface area contributed by atoms with Crippen molar-refractivity contribution in [1.29, 1.82) is 0 Å². The average Bonchev–Trinajstić information content (AvgIpc) is 4.28. The van der Waals surface area contributed by atoms with Gasteiger partial charge in [-0.15, -0.1) is 0 Å². The molecule has 10 rings (SSSR count). The van der Waals surface area contributed by atoms with Crippen molar-refractivity contribution >= 4 is 109 Å². The van der Waals surface area contributed by atoms with Gasteiger partial charge in [0.25, 0.3) is 0 Å². The number of alkyl halides is 2. The number of Topliss-reactive ketones (excluding diaryl/α,β-unsaturated/α-hetero) is 2. The van der Waals surface area contributed by atoms with Crippen LogP contribution in [0.4, 0.5) is 20.4 Å². The van der Waals surface area contributed by atoms with Gasteiger partial charge in [-0.2, -0.15) is 10.2 Å². The van der Waals surface area contributed by atoms with Gasteiger partial charge >= 0.3 is 8.25 Å². The maximum atomic E-state index is 15.0. The highest BCUT2D eigenvalue weighted by atomic mass is 79.9. The predicted octanol–water partition coefficient (Wildman–Crippen LogP) is 6.88. The Labute approximate surface area is 470 Å². The number of pyridine rings is 2. The summed E-state index contributed by atoms with van der Waals surface area (Å²) in [4.78, 5) is 110. The van der Waals surface area contributed by atoms with E-state index in [1.54, 1.807) is 111 Å². The number of amides is 4. The van der Waals surface area contributed by atoms with Gasteiger partial charge in [0.1, 0.15) is 94.6 Å². The molecule has 2 N–H and O–H groups in total. The minimum atomic E-state index is -3.62. The predicted molar refractivity (Wildman–Crippen MR) is 292 cm³/mol. The molecular weight excluding hydrogens is 1190 g/mol. The molecule has 23 nitrogen and oxygen atoms in total. The Kier molecular flexibility index (Phi) is 16.5. The summed E-state index contributed by atoms with van der Waals surface area (Å²) in [6.45, 7) is -0.0380. The topological polar surface area (TPSA) is 281 Å². The van der Waals surface area contributed by atoms with Gasteiger partial charge in [0, 0.05) is 59.5 Å². The molecule has 0 bridgehead atoms. The number of aromatic nitrogens is 10. The summed E-state index contributed by atoms with van der Waals surface area (Å²) in [7, 11) is -3.62. The highest BCUT2D eigenvalue weighted by molar-refractivity contribution is 9.10. The van der Waals surface area contributed by atoms with Crippen LogP contribution in [0, 0.1) is 13.8 Å². The highest BCUT2D eigenvalue weighted by Gasteiger charge is 2.42. The number of carbonyl (C=O) groups is 6. The van der Waals surface area contributed by atoms with Crippen LogP contribution in [0.25, 0.3) is 44.1 Å². The van der Waals surface area contributed by atoms with Crippen molar-refractivity contribution in [2.24, 2.45) is 0 Å². The zero-order valence-corrected chi connectivity index (χ0v) is 46.4. The number of rotatable bonds is 18. The number of nitrogens with one attached hydrogen (secondary N) is 2. The minimum absolute atomic E-state index is 0.194. The van der Waals surface area contributed by atoms with Gasteiger partial charge < -0.3 is 29.5 Å². The number of benzene rings is 2. The molecular formula is C52H45Br2F2N14O9P. The molecule has 6 aromatic heterocycles. The number of carbonyl (C=O) groups excluding carboxylic acids is 6. The molecule has 4 atom stereocenters. The Morgan fingerprint density at radius 1 is 0.600 bits per heavy atom. The maximum Gasteiger partial charge on any atom is 0.320 e. The molecule has 0 radical (unpaired) electrons. The van der Waals surface area contributed by atoms with Crippen LogP contribution in [-0.2, 0) is 45.9 Å². The number of hydrogen-bond acceptors (Lipinski definition) is 17. The number of ketones is 2. The standard InChI is InChI=1S/C52H45Br2F2N14O9P/c1-27-57-17-31(18-58-27)29-9-11-37-35(13-29)49(65-69(37)23-47(73)67-21-33(55)15-39(67)51(75)63-45-7-3-5-43(53)61-45)41(71)25-78-80(77)79-26-42(72)50-36-14-30(32-19-59-28(2)60-20-32)10-12-38(36)70(66-50)24-48(74)68-22-34(56)16-40(68)52(76)64-46-8-4-6-44(54)62-46/h3-14,17-20,33-34,39-40,80H,15-16,21-26H2,1-2H3,(H,61,63,75)(H,62,64,76)/t33-,34-,39+,40+/m1/s1. The fraction of sp³-hybridized carbons (Fsp3) is 0.269. The van der Waals surface area contributed by atoms with Crippen LogP contribution < -0.4 is 10.6 Å². The molecule has 28 heteroatoms. The van der Waals surface area contributed by atoms with E-state index in [2.05, 4.69) is 82.6 Å². The number of anilines is 2. The molecule has 2 saturated heterocycles. The first-order valence-electron chi connectivity index (χ1n) is 24.6. The fourth-order valence-electron chi connectivity index (χ4n) is 9.31. The fourth-order valence-corrected chi connectivity index (χ4v) is 10.6. The van der Waals surface area contributed by atoms with Crippen molar-refractivity contribution in [3.8, 4) is 22.3 Å². The largest absolute Gasteiger partial charge is 0.326 e. The van der Waals surface area contributed by atoms with E-state index in [1.807, 2.05) is 0 Å². The Morgan fingerprint density at radius 3 is 1.39 bits per heavy atom. The molecule has 80 heavy (non-hydrogen) atoms. The van der Waals surface area contributed by atoms with E-state index in [1.165, 1.54) is 9.36 Å². The first kappa shape index (κ1) is 55.3. The first-order chi connectivity index (χ1) is 38.4. The Hall–Kier alpha value is -7.97. The van der Waals surface area contributed by atoms with Gasteiger partial charge in [0.2, 0.25) is 35.2 Å². The second-order valence-corrected chi connectivity index (χ2v) is 21.3. The van der Waals surface area contributed by atoms with Gasteiger partial charge in [-0.05, 0) is 105 Å². The Balaban J connectivity index is 0.852. The van der Waals surface area contributed by atoms with Gasteiger partial charge in [-0.3, -0.25) is 42.7 Å². The molecule has 0 aliphatic carbocycles. The number of nitrogens with zero attached hydrogens (tertiary/aromatic N) is 12. The SMILES string of the molecule is Cc1ncc(-c2ccc3c(c2)c(C(=O)CO[PH](=O)OCC(=O)c2nn(CC(=O)N4C[C@H](F)C[C@H]4C(=O)Nc4cccc(Br)n4)c4ccc(-c5cnc(C)nc5)cc24)nn3CC(=O)N2C[C@H](F)C[C@H]2C(=O)Nc2cccc(Br)n2)cn1. The smallest absolute Gasteiger partial charge is 0.320 e. The monoisotopic (exact) mass is 1240 g/mol. The minimum Gasteiger partial charge on any atom is -0.326 e. The Bertz CT molecular complexity index is 3540. The van der Waals surface area contributed by atoms with E-state index in [9.17, 15) is 42.1 Å². The number of aryl methyl sites for hydroxylation is 2. The lowest BCUT2D eigenvalue weighted by Crippen LogP contribution is -2.44. The summed E-state index contributed by atoms with van der Waals surface area (Å²) in [5.74, 6) is -2.77. The number of hydrogen-bond donors (Lipinski definition) is 2. The van der Waals surface area contributed by atoms with E-state index < -0.39 is 94.2 Å². The average molecular weight is 1240 g/mol. The zero-order chi connectivity index (χ0) is 56.4. The van der Waals surface area contributed by atoms with Crippen molar-refractivity contribution in [2.45, 2.75) is 64.2 Å². The van der Waals surface area contributed by atoms with E-state index >= 15 is 0 Å². The van der Waals surface area contributed by atoms with E-state index in [0.717, 1.165) is 9.80 Å². The second-order valence-electron chi connectivity index (χ2n) is 18.6. The molecule has 410 valence electrons. The van der Waals surface area contributed by atoms with Crippen molar-refractivity contribution in [1.82, 2.24) is 59.3 Å².